The Bertz CT molecular complexity index is 504. The molecule has 0 spiro atoms. The Kier molecular flexibility index (Phi) is 4.29. The molecule has 1 aromatic rings. The molecule has 1 atom stereocenters. The molecule has 2 aliphatic rings. The molecule has 0 radical (unpaired) electrons. The topological polar surface area (TPSA) is 58.4 Å². The normalized spacial score (nSPS) is 24.0. The summed E-state index contributed by atoms with van der Waals surface area (Å²) < 4.78 is 2.07. The Hall–Kier alpha value is -1.36. The number of rotatable bonds is 4. The van der Waals surface area contributed by atoms with Crippen molar-refractivity contribution in [1.29, 1.82) is 0 Å². The maximum Gasteiger partial charge on any atom is 0.308 e. The van der Waals surface area contributed by atoms with Crippen molar-refractivity contribution in [2.45, 2.75) is 45.6 Å². The quantitative estimate of drug-likeness (QED) is 0.919. The molecule has 3 rings (SSSR count). The maximum absolute atomic E-state index is 11.1. The standard InChI is InChI=1S/C16H25N3O2/c1-2-18-7-5-12(6-8-18)9-14-11-19-10-13(16(20)21)3-4-15(19)17-14/h11-13H,2-10H2,1H3,(H,20,21). The first-order chi connectivity index (χ1) is 10.2. The molecule has 1 saturated heterocycles. The number of hydrogen-bond donors (Lipinski definition) is 1. The van der Waals surface area contributed by atoms with Crippen LogP contribution < -0.4 is 0 Å². The lowest BCUT2D eigenvalue weighted by Gasteiger charge is -2.30. The average Bonchev–Trinajstić information content (AvgIpc) is 2.89. The van der Waals surface area contributed by atoms with E-state index < -0.39 is 5.97 Å². The van der Waals surface area contributed by atoms with E-state index in [-0.39, 0.29) is 5.92 Å². The second-order valence-corrected chi connectivity index (χ2v) is 6.46. The first-order valence-electron chi connectivity index (χ1n) is 8.15. The van der Waals surface area contributed by atoms with Crippen molar-refractivity contribution in [3.8, 4) is 0 Å². The second-order valence-electron chi connectivity index (χ2n) is 6.46. The molecular weight excluding hydrogens is 266 g/mol. The van der Waals surface area contributed by atoms with Crippen LogP contribution in [0.2, 0.25) is 0 Å². The number of aliphatic carboxylic acids is 1. The van der Waals surface area contributed by atoms with Crippen molar-refractivity contribution in [3.63, 3.8) is 0 Å². The number of likely N-dealkylation sites (tertiary alicyclic amines) is 1. The van der Waals surface area contributed by atoms with Gasteiger partial charge in [-0.05, 0) is 51.2 Å². The zero-order valence-corrected chi connectivity index (χ0v) is 12.8. The summed E-state index contributed by atoms with van der Waals surface area (Å²) in [5.41, 5.74) is 1.16. The van der Waals surface area contributed by atoms with E-state index in [0.29, 0.717) is 6.54 Å². The summed E-state index contributed by atoms with van der Waals surface area (Å²) >= 11 is 0. The molecule has 0 saturated carbocycles. The largest absolute Gasteiger partial charge is 0.481 e. The zero-order valence-electron chi connectivity index (χ0n) is 12.8. The fourth-order valence-corrected chi connectivity index (χ4v) is 3.61. The highest BCUT2D eigenvalue weighted by molar-refractivity contribution is 5.70. The number of carboxylic acids is 1. The number of carbonyl (C=O) groups is 1. The van der Waals surface area contributed by atoms with Gasteiger partial charge in [0.25, 0.3) is 0 Å². The average molecular weight is 291 g/mol. The summed E-state index contributed by atoms with van der Waals surface area (Å²) in [5, 5.41) is 9.14. The van der Waals surface area contributed by atoms with Crippen molar-refractivity contribution >= 4 is 5.97 Å². The molecule has 5 heteroatoms. The Balaban J connectivity index is 1.60. The smallest absolute Gasteiger partial charge is 0.308 e. The summed E-state index contributed by atoms with van der Waals surface area (Å²) in [5.74, 6) is 0.892. The fourth-order valence-electron chi connectivity index (χ4n) is 3.61. The van der Waals surface area contributed by atoms with Gasteiger partial charge >= 0.3 is 5.97 Å². The van der Waals surface area contributed by atoms with Gasteiger partial charge < -0.3 is 14.6 Å². The van der Waals surface area contributed by atoms with E-state index in [4.69, 9.17) is 10.1 Å². The van der Waals surface area contributed by atoms with Gasteiger partial charge in [-0.25, -0.2) is 4.98 Å². The number of imidazole rings is 1. The summed E-state index contributed by atoms with van der Waals surface area (Å²) in [6.07, 6.45) is 7.18. The van der Waals surface area contributed by atoms with Crippen molar-refractivity contribution in [1.82, 2.24) is 14.5 Å². The summed E-state index contributed by atoms with van der Waals surface area (Å²) in [7, 11) is 0. The lowest BCUT2D eigenvalue weighted by molar-refractivity contribution is -0.142. The fraction of sp³-hybridized carbons (Fsp3) is 0.750. The van der Waals surface area contributed by atoms with Crippen LogP contribution in [-0.2, 0) is 24.2 Å². The molecule has 5 nitrogen and oxygen atoms in total. The van der Waals surface area contributed by atoms with Crippen LogP contribution in [0.25, 0.3) is 0 Å². The number of nitrogens with zero attached hydrogens (tertiary/aromatic N) is 3. The third-order valence-corrected chi connectivity index (χ3v) is 5.04. The molecule has 0 aromatic carbocycles. The predicted molar refractivity (Wildman–Crippen MR) is 80.2 cm³/mol. The molecule has 1 fully saturated rings. The van der Waals surface area contributed by atoms with Crippen LogP contribution in [0.3, 0.4) is 0 Å². The number of aryl methyl sites for hydroxylation is 1. The van der Waals surface area contributed by atoms with Gasteiger partial charge in [-0.1, -0.05) is 6.92 Å². The minimum absolute atomic E-state index is 0.243. The second kappa shape index (κ2) is 6.18. The van der Waals surface area contributed by atoms with Gasteiger partial charge in [-0.3, -0.25) is 4.79 Å². The van der Waals surface area contributed by atoms with Crippen LogP contribution in [0.1, 0.15) is 37.7 Å². The predicted octanol–water partition coefficient (Wildman–Crippen LogP) is 1.80. The number of fused-ring (bicyclic) bond motifs is 1. The van der Waals surface area contributed by atoms with Crippen LogP contribution in [0.15, 0.2) is 6.20 Å². The van der Waals surface area contributed by atoms with Crippen LogP contribution in [0.5, 0.6) is 0 Å². The Labute approximate surface area is 126 Å². The van der Waals surface area contributed by atoms with Crippen LogP contribution >= 0.6 is 0 Å². The molecule has 1 aromatic heterocycles. The van der Waals surface area contributed by atoms with E-state index in [0.717, 1.165) is 43.2 Å². The third-order valence-electron chi connectivity index (χ3n) is 5.04. The van der Waals surface area contributed by atoms with Gasteiger partial charge in [-0.15, -0.1) is 0 Å². The first kappa shape index (κ1) is 14.6. The number of hydrogen-bond acceptors (Lipinski definition) is 3. The van der Waals surface area contributed by atoms with E-state index in [1.54, 1.807) is 0 Å². The van der Waals surface area contributed by atoms with E-state index in [1.807, 2.05) is 0 Å². The molecule has 2 aliphatic heterocycles. The lowest BCUT2D eigenvalue weighted by atomic mass is 9.92. The number of carboxylic acid groups (broad SMARTS) is 1. The van der Waals surface area contributed by atoms with E-state index in [1.165, 1.54) is 25.9 Å². The minimum Gasteiger partial charge on any atom is -0.481 e. The van der Waals surface area contributed by atoms with Gasteiger partial charge in [0.15, 0.2) is 0 Å². The zero-order chi connectivity index (χ0) is 14.8. The highest BCUT2D eigenvalue weighted by Gasteiger charge is 2.26. The van der Waals surface area contributed by atoms with Gasteiger partial charge in [0, 0.05) is 19.2 Å². The van der Waals surface area contributed by atoms with Crippen molar-refractivity contribution < 1.29 is 9.90 Å². The molecule has 1 N–H and O–H groups in total. The first-order valence-corrected chi connectivity index (χ1v) is 8.15. The molecule has 21 heavy (non-hydrogen) atoms. The van der Waals surface area contributed by atoms with Crippen LogP contribution in [0, 0.1) is 11.8 Å². The molecule has 0 aliphatic carbocycles. The van der Waals surface area contributed by atoms with E-state index >= 15 is 0 Å². The number of aromatic nitrogens is 2. The monoisotopic (exact) mass is 291 g/mol. The number of piperidine rings is 1. The van der Waals surface area contributed by atoms with E-state index in [2.05, 4.69) is 22.6 Å². The highest BCUT2D eigenvalue weighted by Crippen LogP contribution is 2.24. The maximum atomic E-state index is 11.1. The van der Waals surface area contributed by atoms with Crippen LogP contribution in [0.4, 0.5) is 0 Å². The summed E-state index contributed by atoms with van der Waals surface area (Å²) in [4.78, 5) is 18.3. The van der Waals surface area contributed by atoms with E-state index in [9.17, 15) is 4.79 Å². The third kappa shape index (κ3) is 3.28. The summed E-state index contributed by atoms with van der Waals surface area (Å²) in [6.45, 7) is 6.38. The van der Waals surface area contributed by atoms with Crippen molar-refractivity contribution in [3.05, 3.63) is 17.7 Å². The minimum atomic E-state index is -0.678. The Morgan fingerprint density at radius 1 is 1.38 bits per heavy atom. The van der Waals surface area contributed by atoms with Crippen molar-refractivity contribution in [2.24, 2.45) is 11.8 Å². The lowest BCUT2D eigenvalue weighted by Crippen LogP contribution is -2.34. The Morgan fingerprint density at radius 2 is 2.14 bits per heavy atom. The highest BCUT2D eigenvalue weighted by atomic mass is 16.4. The molecular formula is C16H25N3O2. The van der Waals surface area contributed by atoms with Gasteiger partial charge in [-0.2, -0.15) is 0 Å². The summed E-state index contributed by atoms with van der Waals surface area (Å²) in [6, 6.07) is 0. The van der Waals surface area contributed by atoms with Gasteiger partial charge in [0.2, 0.25) is 0 Å². The SMILES string of the molecule is CCN1CCC(Cc2cn3c(n2)CCC(C(=O)O)C3)CC1. The van der Waals surface area contributed by atoms with Gasteiger partial charge in [0.1, 0.15) is 5.82 Å². The Morgan fingerprint density at radius 3 is 2.81 bits per heavy atom. The molecule has 3 heterocycles. The van der Waals surface area contributed by atoms with Crippen molar-refractivity contribution in [2.75, 3.05) is 19.6 Å². The molecule has 116 valence electrons. The molecule has 0 bridgehead atoms. The molecule has 1 unspecified atom stereocenters. The van der Waals surface area contributed by atoms with Gasteiger partial charge in [0.05, 0.1) is 11.6 Å². The molecule has 0 amide bonds. The van der Waals surface area contributed by atoms with Crippen LogP contribution in [-0.4, -0.2) is 45.2 Å².